The third-order valence-corrected chi connectivity index (χ3v) is 4.19. The Kier molecular flexibility index (Phi) is 4.22. The van der Waals surface area contributed by atoms with E-state index in [1.165, 1.54) is 24.0 Å². The van der Waals surface area contributed by atoms with E-state index in [-0.39, 0.29) is 0 Å². The van der Waals surface area contributed by atoms with Crippen molar-refractivity contribution in [2.24, 2.45) is 0 Å². The molecule has 1 fully saturated rings. The lowest BCUT2D eigenvalue weighted by molar-refractivity contribution is 0.611. The summed E-state index contributed by atoms with van der Waals surface area (Å²) in [5.41, 5.74) is 2.69. The van der Waals surface area contributed by atoms with E-state index in [2.05, 4.69) is 57.5 Å². The lowest BCUT2D eigenvalue weighted by Crippen LogP contribution is -2.22. The molecule has 0 aliphatic heterocycles. The quantitative estimate of drug-likeness (QED) is 0.876. The van der Waals surface area contributed by atoms with Crippen LogP contribution in [0.3, 0.4) is 0 Å². The van der Waals surface area contributed by atoms with Crippen LogP contribution < -0.4 is 5.32 Å². The minimum absolute atomic E-state index is 0.573. The van der Waals surface area contributed by atoms with Gasteiger partial charge in [0.1, 0.15) is 0 Å². The van der Waals surface area contributed by atoms with Crippen LogP contribution in [0.2, 0.25) is 0 Å². The van der Waals surface area contributed by atoms with Gasteiger partial charge >= 0.3 is 0 Å². The smallest absolute Gasteiger partial charge is 0.0659 e. The van der Waals surface area contributed by atoms with Crippen molar-refractivity contribution in [2.45, 2.75) is 38.3 Å². The first-order valence-corrected chi connectivity index (χ1v) is 8.00. The Hall–Kier alpha value is -1.13. The highest BCUT2D eigenvalue weighted by molar-refractivity contribution is 9.10. The van der Waals surface area contributed by atoms with E-state index in [0.29, 0.717) is 5.92 Å². The zero-order chi connectivity index (χ0) is 13.9. The number of halogens is 1. The van der Waals surface area contributed by atoms with Crippen LogP contribution in [-0.2, 0) is 6.54 Å². The zero-order valence-electron chi connectivity index (χ0n) is 11.7. The zero-order valence-corrected chi connectivity index (χ0v) is 13.3. The lowest BCUT2D eigenvalue weighted by Gasteiger charge is -2.13. The molecule has 1 aliphatic rings. The molecule has 1 aromatic heterocycles. The minimum atomic E-state index is 0.573. The van der Waals surface area contributed by atoms with Crippen LogP contribution in [0.25, 0.3) is 0 Å². The number of nitrogens with one attached hydrogen (secondary N) is 1. The fourth-order valence-corrected chi connectivity index (χ4v) is 2.64. The van der Waals surface area contributed by atoms with Crippen molar-refractivity contribution in [2.75, 3.05) is 6.54 Å². The van der Waals surface area contributed by atoms with Crippen LogP contribution in [-0.4, -0.2) is 22.4 Å². The summed E-state index contributed by atoms with van der Waals surface area (Å²) in [4.78, 5) is 0. The molecule has 1 saturated carbocycles. The Morgan fingerprint density at radius 3 is 2.70 bits per heavy atom. The van der Waals surface area contributed by atoms with E-state index in [0.717, 1.165) is 23.6 Å². The van der Waals surface area contributed by atoms with Gasteiger partial charge in [0, 0.05) is 18.8 Å². The highest BCUT2D eigenvalue weighted by Crippen LogP contribution is 2.21. The number of nitrogens with zero attached hydrogens (tertiary/aromatic N) is 2. The van der Waals surface area contributed by atoms with E-state index in [4.69, 9.17) is 0 Å². The number of hydrogen-bond donors (Lipinski definition) is 1. The molecule has 1 heterocycles. The second-order valence-electron chi connectivity index (χ2n) is 5.68. The van der Waals surface area contributed by atoms with Crippen LogP contribution in [0.5, 0.6) is 0 Å². The maximum atomic E-state index is 4.28. The summed E-state index contributed by atoms with van der Waals surface area (Å²) < 4.78 is 2.96. The van der Waals surface area contributed by atoms with Crippen molar-refractivity contribution in [3.05, 3.63) is 52.3 Å². The second-order valence-corrected chi connectivity index (χ2v) is 6.60. The fraction of sp³-hybridized carbons (Fsp3) is 0.438. The average Bonchev–Trinajstić information content (AvgIpc) is 3.20. The molecule has 0 radical (unpaired) electrons. The van der Waals surface area contributed by atoms with Crippen LogP contribution in [0.4, 0.5) is 0 Å². The van der Waals surface area contributed by atoms with Gasteiger partial charge in [-0.25, -0.2) is 0 Å². The summed E-state index contributed by atoms with van der Waals surface area (Å²) in [5.74, 6) is 0.573. The van der Waals surface area contributed by atoms with Gasteiger partial charge in [0.15, 0.2) is 0 Å². The number of rotatable bonds is 6. The second kappa shape index (κ2) is 6.10. The largest absolute Gasteiger partial charge is 0.313 e. The summed E-state index contributed by atoms with van der Waals surface area (Å²) in [6.07, 6.45) is 6.52. The third-order valence-electron chi connectivity index (χ3n) is 3.79. The molecule has 0 saturated heterocycles. The van der Waals surface area contributed by atoms with Gasteiger partial charge in [0.25, 0.3) is 0 Å². The van der Waals surface area contributed by atoms with Gasteiger partial charge in [0.2, 0.25) is 0 Å². The van der Waals surface area contributed by atoms with Crippen LogP contribution in [0.15, 0.2) is 41.1 Å². The molecule has 4 heteroatoms. The van der Waals surface area contributed by atoms with Crippen molar-refractivity contribution in [3.63, 3.8) is 0 Å². The molecule has 0 amide bonds. The van der Waals surface area contributed by atoms with Crippen molar-refractivity contribution in [1.29, 1.82) is 0 Å². The topological polar surface area (TPSA) is 29.9 Å². The van der Waals surface area contributed by atoms with Gasteiger partial charge in [-0.1, -0.05) is 31.2 Å². The Morgan fingerprint density at radius 2 is 2.10 bits per heavy atom. The van der Waals surface area contributed by atoms with Crippen molar-refractivity contribution >= 4 is 15.9 Å². The number of hydrogen-bond acceptors (Lipinski definition) is 2. The van der Waals surface area contributed by atoms with E-state index >= 15 is 0 Å². The summed E-state index contributed by atoms with van der Waals surface area (Å²) in [6, 6.07) is 9.69. The van der Waals surface area contributed by atoms with Gasteiger partial charge in [-0.2, -0.15) is 5.10 Å². The maximum Gasteiger partial charge on any atom is 0.0659 e. The first-order valence-electron chi connectivity index (χ1n) is 7.21. The SMILES string of the molecule is CC(CNC1CC1)c1ccc(Cn2cc(Br)cn2)cc1. The summed E-state index contributed by atoms with van der Waals surface area (Å²) in [5, 5.41) is 7.88. The Labute approximate surface area is 128 Å². The summed E-state index contributed by atoms with van der Waals surface area (Å²) >= 11 is 3.42. The monoisotopic (exact) mass is 333 g/mol. The van der Waals surface area contributed by atoms with Gasteiger partial charge in [-0.3, -0.25) is 4.68 Å². The average molecular weight is 334 g/mol. The standard InChI is InChI=1S/C16H20BrN3/c1-12(8-18-16-6-7-16)14-4-2-13(3-5-14)10-20-11-15(17)9-19-20/h2-5,9,11-12,16,18H,6-8,10H2,1H3. The molecule has 20 heavy (non-hydrogen) atoms. The Bertz CT molecular complexity index is 557. The van der Waals surface area contributed by atoms with Crippen LogP contribution >= 0.6 is 15.9 Å². The number of aromatic nitrogens is 2. The molecule has 1 aromatic carbocycles. The lowest BCUT2D eigenvalue weighted by atomic mass is 10.00. The Balaban J connectivity index is 1.58. The predicted octanol–water partition coefficient (Wildman–Crippen LogP) is 3.55. The van der Waals surface area contributed by atoms with Crippen molar-refractivity contribution < 1.29 is 0 Å². The molecular formula is C16H20BrN3. The summed E-state index contributed by atoms with van der Waals surface area (Å²) in [7, 11) is 0. The van der Waals surface area contributed by atoms with Gasteiger partial charge in [0.05, 0.1) is 17.2 Å². The van der Waals surface area contributed by atoms with E-state index < -0.39 is 0 Å². The number of benzene rings is 1. The third kappa shape index (κ3) is 3.70. The highest BCUT2D eigenvalue weighted by Gasteiger charge is 2.21. The van der Waals surface area contributed by atoms with E-state index in [1.54, 1.807) is 0 Å². The van der Waals surface area contributed by atoms with Gasteiger partial charge in [-0.15, -0.1) is 0 Å². The molecule has 2 aromatic rings. The Morgan fingerprint density at radius 1 is 1.35 bits per heavy atom. The van der Waals surface area contributed by atoms with Crippen LogP contribution in [0.1, 0.15) is 36.8 Å². The first kappa shape index (κ1) is 13.8. The molecule has 1 unspecified atom stereocenters. The molecule has 1 aliphatic carbocycles. The van der Waals surface area contributed by atoms with E-state index in [9.17, 15) is 0 Å². The normalized spacial score (nSPS) is 16.3. The van der Waals surface area contributed by atoms with Crippen molar-refractivity contribution in [3.8, 4) is 0 Å². The molecule has 3 rings (SSSR count). The molecular weight excluding hydrogens is 314 g/mol. The first-order chi connectivity index (χ1) is 9.70. The van der Waals surface area contributed by atoms with Crippen LogP contribution in [0, 0.1) is 0 Å². The van der Waals surface area contributed by atoms with E-state index in [1.807, 2.05) is 17.1 Å². The molecule has 1 N–H and O–H groups in total. The minimum Gasteiger partial charge on any atom is -0.313 e. The summed E-state index contributed by atoms with van der Waals surface area (Å²) in [6.45, 7) is 4.19. The molecule has 106 valence electrons. The highest BCUT2D eigenvalue weighted by atomic mass is 79.9. The fourth-order valence-electron chi connectivity index (χ4n) is 2.31. The molecule has 3 nitrogen and oxygen atoms in total. The molecule has 0 spiro atoms. The van der Waals surface area contributed by atoms with Gasteiger partial charge < -0.3 is 5.32 Å². The predicted molar refractivity (Wildman–Crippen MR) is 84.9 cm³/mol. The molecule has 1 atom stereocenters. The van der Waals surface area contributed by atoms with Gasteiger partial charge in [-0.05, 0) is 45.8 Å². The molecule has 0 bridgehead atoms. The maximum absolute atomic E-state index is 4.28. The van der Waals surface area contributed by atoms with Crippen molar-refractivity contribution in [1.82, 2.24) is 15.1 Å².